The number of nitrogens with zero attached hydrogens (tertiary/aromatic N) is 1. The van der Waals surface area contributed by atoms with Gasteiger partial charge in [-0.15, -0.1) is 0 Å². The minimum Gasteiger partial charge on any atom is -0.397 e. The standard InChI is InChI=1S/C13H20BrN3/c1-3-8(2)17-5-4-9-10(7-17)13(16)12(15)6-11(9)14/h6,8H,3-5,7,15-16H2,1-2H3/t8-/m0/s1. The van der Waals surface area contributed by atoms with Crippen LogP contribution in [0.1, 0.15) is 31.4 Å². The van der Waals surface area contributed by atoms with Gasteiger partial charge in [0.05, 0.1) is 11.4 Å². The number of nitrogen functional groups attached to an aromatic ring is 2. The fourth-order valence-electron chi connectivity index (χ4n) is 2.41. The molecule has 1 aliphatic rings. The largest absolute Gasteiger partial charge is 0.397 e. The lowest BCUT2D eigenvalue weighted by Crippen LogP contribution is -2.37. The second-order valence-corrected chi connectivity index (χ2v) is 5.65. The molecule has 0 saturated heterocycles. The van der Waals surface area contributed by atoms with Crippen LogP contribution in [0.15, 0.2) is 10.5 Å². The molecule has 0 unspecified atom stereocenters. The van der Waals surface area contributed by atoms with Gasteiger partial charge < -0.3 is 11.5 Å². The summed E-state index contributed by atoms with van der Waals surface area (Å²) in [5, 5.41) is 0. The van der Waals surface area contributed by atoms with E-state index in [9.17, 15) is 0 Å². The molecule has 1 atom stereocenters. The summed E-state index contributed by atoms with van der Waals surface area (Å²) in [6.45, 7) is 6.51. The van der Waals surface area contributed by atoms with Crippen molar-refractivity contribution in [2.45, 2.75) is 39.3 Å². The normalized spacial score (nSPS) is 17.8. The number of nitrogens with two attached hydrogens (primary N) is 2. The summed E-state index contributed by atoms with van der Waals surface area (Å²) in [7, 11) is 0. The van der Waals surface area contributed by atoms with E-state index in [4.69, 9.17) is 11.5 Å². The number of hydrogen-bond acceptors (Lipinski definition) is 3. The Morgan fingerprint density at radius 1 is 1.41 bits per heavy atom. The molecular formula is C13H20BrN3. The Hall–Kier alpha value is -0.740. The monoisotopic (exact) mass is 297 g/mol. The van der Waals surface area contributed by atoms with E-state index in [1.165, 1.54) is 17.5 Å². The predicted octanol–water partition coefficient (Wildman–Crippen LogP) is 2.77. The average molecular weight is 298 g/mol. The zero-order chi connectivity index (χ0) is 12.6. The molecule has 1 aromatic rings. The van der Waals surface area contributed by atoms with Crippen LogP contribution in [0.5, 0.6) is 0 Å². The third-order valence-corrected chi connectivity index (χ3v) is 4.50. The highest BCUT2D eigenvalue weighted by atomic mass is 79.9. The van der Waals surface area contributed by atoms with Crippen LogP contribution < -0.4 is 11.5 Å². The van der Waals surface area contributed by atoms with Gasteiger partial charge in [0.1, 0.15) is 0 Å². The van der Waals surface area contributed by atoms with Gasteiger partial charge in [-0.05, 0) is 37.0 Å². The lowest BCUT2D eigenvalue weighted by atomic mass is 9.96. The number of rotatable bonds is 2. The Morgan fingerprint density at radius 2 is 2.12 bits per heavy atom. The van der Waals surface area contributed by atoms with Crippen molar-refractivity contribution in [1.29, 1.82) is 0 Å². The molecule has 0 bridgehead atoms. The van der Waals surface area contributed by atoms with E-state index in [-0.39, 0.29) is 0 Å². The SMILES string of the molecule is CC[C@H](C)N1CCc2c(Br)cc(N)c(N)c2C1. The molecule has 2 rings (SSSR count). The summed E-state index contributed by atoms with van der Waals surface area (Å²) >= 11 is 3.59. The molecule has 0 aliphatic carbocycles. The van der Waals surface area contributed by atoms with Crippen molar-refractivity contribution in [3.05, 3.63) is 21.7 Å². The fraction of sp³-hybridized carbons (Fsp3) is 0.538. The van der Waals surface area contributed by atoms with Crippen molar-refractivity contribution < 1.29 is 0 Å². The van der Waals surface area contributed by atoms with Gasteiger partial charge in [-0.2, -0.15) is 0 Å². The first-order chi connectivity index (χ1) is 8.04. The highest BCUT2D eigenvalue weighted by Crippen LogP contribution is 2.35. The molecule has 0 aromatic heterocycles. The molecule has 1 aliphatic heterocycles. The summed E-state index contributed by atoms with van der Waals surface area (Å²) in [6.07, 6.45) is 2.21. The van der Waals surface area contributed by atoms with E-state index in [0.29, 0.717) is 11.7 Å². The van der Waals surface area contributed by atoms with Crippen LogP contribution >= 0.6 is 15.9 Å². The van der Waals surface area contributed by atoms with Crippen LogP contribution in [-0.2, 0) is 13.0 Å². The van der Waals surface area contributed by atoms with Gasteiger partial charge in [0.2, 0.25) is 0 Å². The topological polar surface area (TPSA) is 55.3 Å². The Morgan fingerprint density at radius 3 is 2.76 bits per heavy atom. The first-order valence-electron chi connectivity index (χ1n) is 6.13. The molecule has 0 amide bonds. The number of hydrogen-bond donors (Lipinski definition) is 2. The molecule has 94 valence electrons. The molecule has 4 N–H and O–H groups in total. The van der Waals surface area contributed by atoms with Crippen molar-refractivity contribution in [3.8, 4) is 0 Å². The second-order valence-electron chi connectivity index (χ2n) is 4.80. The summed E-state index contributed by atoms with van der Waals surface area (Å²) < 4.78 is 1.10. The van der Waals surface area contributed by atoms with Crippen molar-refractivity contribution in [2.24, 2.45) is 0 Å². The molecule has 1 aromatic carbocycles. The number of benzene rings is 1. The van der Waals surface area contributed by atoms with Gasteiger partial charge in [-0.25, -0.2) is 0 Å². The first-order valence-corrected chi connectivity index (χ1v) is 6.93. The molecule has 1 heterocycles. The van der Waals surface area contributed by atoms with E-state index in [1.807, 2.05) is 6.07 Å². The Balaban J connectivity index is 2.37. The number of fused-ring (bicyclic) bond motifs is 1. The van der Waals surface area contributed by atoms with E-state index in [2.05, 4.69) is 34.7 Å². The average Bonchev–Trinajstić information content (AvgIpc) is 2.34. The van der Waals surface area contributed by atoms with E-state index in [1.54, 1.807) is 0 Å². The third kappa shape index (κ3) is 2.29. The van der Waals surface area contributed by atoms with Crippen LogP contribution in [0.3, 0.4) is 0 Å². The smallest absolute Gasteiger partial charge is 0.0597 e. The Bertz CT molecular complexity index is 431. The highest BCUT2D eigenvalue weighted by molar-refractivity contribution is 9.10. The van der Waals surface area contributed by atoms with Crippen LogP contribution in [0, 0.1) is 0 Å². The molecule has 4 heteroatoms. The maximum absolute atomic E-state index is 6.10. The second kappa shape index (κ2) is 4.86. The predicted molar refractivity (Wildman–Crippen MR) is 76.8 cm³/mol. The number of anilines is 2. The van der Waals surface area contributed by atoms with Crippen molar-refractivity contribution in [3.63, 3.8) is 0 Å². The fourth-order valence-corrected chi connectivity index (χ4v) is 3.09. The minimum absolute atomic E-state index is 0.600. The first kappa shape index (κ1) is 12.7. The van der Waals surface area contributed by atoms with Gasteiger partial charge in [-0.1, -0.05) is 22.9 Å². The van der Waals surface area contributed by atoms with Gasteiger partial charge in [-0.3, -0.25) is 4.90 Å². The molecule has 17 heavy (non-hydrogen) atoms. The highest BCUT2D eigenvalue weighted by Gasteiger charge is 2.24. The molecular weight excluding hydrogens is 278 g/mol. The van der Waals surface area contributed by atoms with Gasteiger partial charge in [0.15, 0.2) is 0 Å². The van der Waals surface area contributed by atoms with E-state index < -0.39 is 0 Å². The van der Waals surface area contributed by atoms with Crippen LogP contribution in [0.25, 0.3) is 0 Å². The summed E-state index contributed by atoms with van der Waals surface area (Å²) in [4.78, 5) is 2.48. The van der Waals surface area contributed by atoms with Crippen LogP contribution in [-0.4, -0.2) is 17.5 Å². The van der Waals surface area contributed by atoms with Crippen LogP contribution in [0.2, 0.25) is 0 Å². The zero-order valence-corrected chi connectivity index (χ0v) is 12.0. The molecule has 0 radical (unpaired) electrons. The Kier molecular flexibility index (Phi) is 3.64. The lowest BCUT2D eigenvalue weighted by molar-refractivity contribution is 0.186. The van der Waals surface area contributed by atoms with Gasteiger partial charge >= 0.3 is 0 Å². The summed E-state index contributed by atoms with van der Waals surface area (Å²) in [6, 6.07) is 2.52. The molecule has 0 fully saturated rings. The maximum Gasteiger partial charge on any atom is 0.0597 e. The summed E-state index contributed by atoms with van der Waals surface area (Å²) in [5.74, 6) is 0. The minimum atomic E-state index is 0.600. The van der Waals surface area contributed by atoms with Crippen molar-refractivity contribution >= 4 is 27.3 Å². The van der Waals surface area contributed by atoms with Crippen molar-refractivity contribution in [2.75, 3.05) is 18.0 Å². The maximum atomic E-state index is 6.10. The van der Waals surface area contributed by atoms with E-state index in [0.717, 1.165) is 29.7 Å². The third-order valence-electron chi connectivity index (χ3n) is 3.80. The molecule has 0 saturated carbocycles. The summed E-state index contributed by atoms with van der Waals surface area (Å²) in [5.41, 5.74) is 16.0. The lowest BCUT2D eigenvalue weighted by Gasteiger charge is -2.34. The van der Waals surface area contributed by atoms with Gasteiger partial charge in [0, 0.05) is 23.6 Å². The Labute approximate surface area is 111 Å². The molecule has 0 spiro atoms. The quantitative estimate of drug-likeness (QED) is 0.826. The van der Waals surface area contributed by atoms with Crippen LogP contribution in [0.4, 0.5) is 11.4 Å². The molecule has 3 nitrogen and oxygen atoms in total. The van der Waals surface area contributed by atoms with E-state index >= 15 is 0 Å². The number of halogens is 1. The van der Waals surface area contributed by atoms with Gasteiger partial charge in [0.25, 0.3) is 0 Å². The zero-order valence-electron chi connectivity index (χ0n) is 10.5. The van der Waals surface area contributed by atoms with Crippen molar-refractivity contribution in [1.82, 2.24) is 4.90 Å².